The van der Waals surface area contributed by atoms with Gasteiger partial charge in [-0.2, -0.15) is 4.31 Å². The van der Waals surface area contributed by atoms with Crippen molar-refractivity contribution in [3.8, 4) is 0 Å². The normalized spacial score (nSPS) is 25.4. The number of rotatable bonds is 2. The fourth-order valence-corrected chi connectivity index (χ4v) is 4.51. The summed E-state index contributed by atoms with van der Waals surface area (Å²) in [5.74, 6) is 0. The summed E-state index contributed by atoms with van der Waals surface area (Å²) in [5, 5.41) is 0. The van der Waals surface area contributed by atoms with Crippen LogP contribution in [0.5, 0.6) is 0 Å². The molecule has 0 unspecified atom stereocenters. The second-order valence-electron chi connectivity index (χ2n) is 5.51. The Morgan fingerprint density at radius 3 is 2.58 bits per heavy atom. The van der Waals surface area contributed by atoms with Crippen LogP contribution in [-0.4, -0.2) is 49.8 Å². The van der Waals surface area contributed by atoms with Gasteiger partial charge in [-0.15, -0.1) is 0 Å². The predicted octanol–water partition coefficient (Wildman–Crippen LogP) is 1.46. The number of piperazine rings is 1. The van der Waals surface area contributed by atoms with Crippen LogP contribution in [0.15, 0.2) is 29.2 Å². The third-order valence-corrected chi connectivity index (χ3v) is 6.09. The average Bonchev–Trinajstić information content (AvgIpc) is 2.86. The van der Waals surface area contributed by atoms with E-state index >= 15 is 0 Å². The van der Waals surface area contributed by atoms with Crippen LogP contribution in [0.25, 0.3) is 0 Å². The van der Waals surface area contributed by atoms with Gasteiger partial charge in [0, 0.05) is 25.7 Å². The number of hydrogen-bond donors (Lipinski definition) is 0. The van der Waals surface area contributed by atoms with Gasteiger partial charge in [-0.1, -0.05) is 17.7 Å². The van der Waals surface area contributed by atoms with Gasteiger partial charge in [0.15, 0.2) is 0 Å². The number of hydrogen-bond acceptors (Lipinski definition) is 3. The van der Waals surface area contributed by atoms with E-state index in [4.69, 9.17) is 0 Å². The highest BCUT2D eigenvalue weighted by molar-refractivity contribution is 7.89. The van der Waals surface area contributed by atoms with E-state index in [1.54, 1.807) is 16.4 Å². The monoisotopic (exact) mass is 280 g/mol. The summed E-state index contributed by atoms with van der Waals surface area (Å²) in [7, 11) is -3.31. The maximum atomic E-state index is 12.6. The van der Waals surface area contributed by atoms with Crippen molar-refractivity contribution in [2.24, 2.45) is 0 Å². The van der Waals surface area contributed by atoms with Crippen molar-refractivity contribution in [3.05, 3.63) is 29.8 Å². The molecule has 3 rings (SSSR count). The molecule has 1 aromatic carbocycles. The Morgan fingerprint density at radius 2 is 1.84 bits per heavy atom. The van der Waals surface area contributed by atoms with Gasteiger partial charge in [-0.05, 0) is 38.4 Å². The van der Waals surface area contributed by atoms with Gasteiger partial charge < -0.3 is 0 Å². The first-order valence-electron chi connectivity index (χ1n) is 6.88. The summed E-state index contributed by atoms with van der Waals surface area (Å²) in [6.07, 6.45) is 2.32. The van der Waals surface area contributed by atoms with Crippen LogP contribution in [0.1, 0.15) is 18.4 Å². The summed E-state index contributed by atoms with van der Waals surface area (Å²) >= 11 is 0. The highest BCUT2D eigenvalue weighted by Crippen LogP contribution is 2.25. The second kappa shape index (κ2) is 4.89. The number of fused-ring (bicyclic) bond motifs is 1. The van der Waals surface area contributed by atoms with E-state index in [-0.39, 0.29) is 0 Å². The third kappa shape index (κ3) is 2.42. The summed E-state index contributed by atoms with van der Waals surface area (Å²) in [4.78, 5) is 2.84. The molecule has 0 spiro atoms. The number of sulfonamides is 1. The lowest BCUT2D eigenvalue weighted by atomic mass is 10.2. The van der Waals surface area contributed by atoms with Gasteiger partial charge in [-0.25, -0.2) is 8.42 Å². The molecular weight excluding hydrogens is 260 g/mol. The average molecular weight is 280 g/mol. The van der Waals surface area contributed by atoms with Crippen LogP contribution in [-0.2, 0) is 10.0 Å². The van der Waals surface area contributed by atoms with Crippen molar-refractivity contribution in [2.75, 3.05) is 26.2 Å². The molecule has 0 aliphatic carbocycles. The predicted molar refractivity (Wildman–Crippen MR) is 74.5 cm³/mol. The Hall–Kier alpha value is -0.910. The minimum Gasteiger partial charge on any atom is -0.298 e. The van der Waals surface area contributed by atoms with E-state index in [0.29, 0.717) is 24.0 Å². The van der Waals surface area contributed by atoms with E-state index in [1.165, 1.54) is 6.42 Å². The molecule has 0 amide bonds. The minimum atomic E-state index is -3.31. The summed E-state index contributed by atoms with van der Waals surface area (Å²) < 4.78 is 26.8. The van der Waals surface area contributed by atoms with E-state index in [2.05, 4.69) is 4.90 Å². The summed E-state index contributed by atoms with van der Waals surface area (Å²) in [5.41, 5.74) is 1.08. The minimum absolute atomic E-state index is 0.421. The molecule has 5 heteroatoms. The molecule has 0 radical (unpaired) electrons. The van der Waals surface area contributed by atoms with Gasteiger partial charge in [0.1, 0.15) is 0 Å². The van der Waals surface area contributed by atoms with Crippen LogP contribution in [0.4, 0.5) is 0 Å². The molecule has 2 heterocycles. The van der Waals surface area contributed by atoms with Crippen LogP contribution < -0.4 is 0 Å². The lowest BCUT2D eigenvalue weighted by molar-refractivity contribution is 0.158. The van der Waals surface area contributed by atoms with E-state index in [9.17, 15) is 8.42 Å². The van der Waals surface area contributed by atoms with E-state index in [1.807, 2.05) is 19.1 Å². The number of benzene rings is 1. The first-order valence-corrected chi connectivity index (χ1v) is 8.32. The van der Waals surface area contributed by atoms with Gasteiger partial charge in [0.25, 0.3) is 0 Å². The Kier molecular flexibility index (Phi) is 3.37. The van der Waals surface area contributed by atoms with Crippen molar-refractivity contribution < 1.29 is 8.42 Å². The molecule has 0 bridgehead atoms. The Bertz CT molecular complexity index is 553. The largest absolute Gasteiger partial charge is 0.298 e. The Labute approximate surface area is 115 Å². The highest BCUT2D eigenvalue weighted by atomic mass is 32.2. The molecule has 19 heavy (non-hydrogen) atoms. The molecule has 2 aliphatic heterocycles. The number of nitrogens with zero attached hydrogens (tertiary/aromatic N) is 2. The van der Waals surface area contributed by atoms with Gasteiger partial charge >= 0.3 is 0 Å². The summed E-state index contributed by atoms with van der Waals surface area (Å²) in [6, 6.07) is 7.57. The SMILES string of the molecule is Cc1ccc(S(=O)(=O)N2CCN3CCC[C@H]3C2)cc1. The van der Waals surface area contributed by atoms with Crippen LogP contribution in [0.2, 0.25) is 0 Å². The molecular formula is C14H20N2O2S. The molecule has 104 valence electrons. The molecule has 0 N–H and O–H groups in total. The number of aryl methyl sites for hydroxylation is 1. The highest BCUT2D eigenvalue weighted by Gasteiger charge is 2.36. The molecule has 2 fully saturated rings. The molecule has 2 aliphatic rings. The molecule has 1 atom stereocenters. The molecule has 0 aromatic heterocycles. The lowest BCUT2D eigenvalue weighted by Crippen LogP contribution is -2.51. The molecule has 4 nitrogen and oxygen atoms in total. The van der Waals surface area contributed by atoms with Crippen LogP contribution in [0, 0.1) is 6.92 Å². The Balaban J connectivity index is 1.82. The van der Waals surface area contributed by atoms with Crippen molar-refractivity contribution in [3.63, 3.8) is 0 Å². The standard InChI is InChI=1S/C14H20N2O2S/c1-12-4-6-14(7-5-12)19(17,18)16-10-9-15-8-2-3-13(15)11-16/h4-7,13H,2-3,8-11H2,1H3/t13-/m0/s1. The first kappa shape index (κ1) is 13.1. The van der Waals surface area contributed by atoms with Gasteiger partial charge in [-0.3, -0.25) is 4.90 Å². The zero-order chi connectivity index (χ0) is 13.5. The summed E-state index contributed by atoms with van der Waals surface area (Å²) in [6.45, 7) is 5.23. The van der Waals surface area contributed by atoms with E-state index in [0.717, 1.165) is 25.1 Å². The zero-order valence-corrected chi connectivity index (χ0v) is 12.1. The fraction of sp³-hybridized carbons (Fsp3) is 0.571. The maximum absolute atomic E-state index is 12.6. The Morgan fingerprint density at radius 1 is 1.11 bits per heavy atom. The topological polar surface area (TPSA) is 40.6 Å². The van der Waals surface area contributed by atoms with Crippen molar-refractivity contribution in [1.29, 1.82) is 0 Å². The molecule has 2 saturated heterocycles. The lowest BCUT2D eigenvalue weighted by Gasteiger charge is -2.36. The third-order valence-electron chi connectivity index (χ3n) is 4.21. The quantitative estimate of drug-likeness (QED) is 0.823. The molecule has 0 saturated carbocycles. The van der Waals surface area contributed by atoms with Gasteiger partial charge in [0.2, 0.25) is 10.0 Å². The maximum Gasteiger partial charge on any atom is 0.243 e. The fourth-order valence-electron chi connectivity index (χ4n) is 3.04. The van der Waals surface area contributed by atoms with Crippen LogP contribution >= 0.6 is 0 Å². The second-order valence-corrected chi connectivity index (χ2v) is 7.45. The van der Waals surface area contributed by atoms with Crippen molar-refractivity contribution >= 4 is 10.0 Å². The van der Waals surface area contributed by atoms with E-state index < -0.39 is 10.0 Å². The van der Waals surface area contributed by atoms with Gasteiger partial charge in [0.05, 0.1) is 4.90 Å². The molecule has 1 aromatic rings. The zero-order valence-electron chi connectivity index (χ0n) is 11.2. The smallest absolute Gasteiger partial charge is 0.243 e. The van der Waals surface area contributed by atoms with Crippen molar-refractivity contribution in [1.82, 2.24) is 9.21 Å². The van der Waals surface area contributed by atoms with Crippen LogP contribution in [0.3, 0.4) is 0 Å². The first-order chi connectivity index (χ1) is 9.07. The van der Waals surface area contributed by atoms with Crippen molar-refractivity contribution in [2.45, 2.75) is 30.7 Å².